The molecule has 220 valence electrons. The van der Waals surface area contributed by atoms with Crippen LogP contribution in [0.5, 0.6) is 0 Å². The number of aromatic nitrogens is 3. The van der Waals surface area contributed by atoms with Crippen molar-refractivity contribution < 1.29 is 18.0 Å². The molecule has 4 aromatic rings. The van der Waals surface area contributed by atoms with Crippen molar-refractivity contribution in [2.45, 2.75) is 49.0 Å². The van der Waals surface area contributed by atoms with Gasteiger partial charge in [-0.05, 0) is 65.6 Å². The largest absolute Gasteiger partial charge is 0.416 e. The van der Waals surface area contributed by atoms with Gasteiger partial charge in [0.25, 0.3) is 0 Å². The van der Waals surface area contributed by atoms with Gasteiger partial charge in [-0.15, -0.1) is 0 Å². The second-order valence-corrected chi connectivity index (χ2v) is 11.9. The maximum Gasteiger partial charge on any atom is 0.416 e. The van der Waals surface area contributed by atoms with E-state index in [-0.39, 0.29) is 24.4 Å². The van der Waals surface area contributed by atoms with E-state index < -0.39 is 11.7 Å². The number of alkyl halides is 3. The number of likely N-dealkylation sites (N-methyl/N-ethyl adjacent to an activating group) is 1. The van der Waals surface area contributed by atoms with Crippen molar-refractivity contribution in [2.24, 2.45) is 0 Å². The number of benzene rings is 2. The van der Waals surface area contributed by atoms with Crippen molar-refractivity contribution in [3.63, 3.8) is 0 Å². The van der Waals surface area contributed by atoms with E-state index in [9.17, 15) is 18.0 Å². The van der Waals surface area contributed by atoms with Crippen molar-refractivity contribution in [3.05, 3.63) is 88.9 Å². The summed E-state index contributed by atoms with van der Waals surface area (Å²) in [5.41, 5.74) is 3.17. The number of amides is 1. The summed E-state index contributed by atoms with van der Waals surface area (Å²) in [6.07, 6.45) is -0.431. The molecule has 2 aliphatic heterocycles. The first kappa shape index (κ1) is 28.7. The molecule has 0 N–H and O–H groups in total. The van der Waals surface area contributed by atoms with Gasteiger partial charge in [0.2, 0.25) is 5.91 Å². The topological polar surface area (TPSA) is 57.0 Å². The molecular weight excluding hydrogens is 561 g/mol. The van der Waals surface area contributed by atoms with Crippen LogP contribution in [0.2, 0.25) is 0 Å². The Morgan fingerprint density at radius 3 is 2.57 bits per heavy atom. The summed E-state index contributed by atoms with van der Waals surface area (Å²) in [4.78, 5) is 24.9. The van der Waals surface area contributed by atoms with Crippen molar-refractivity contribution in [3.8, 4) is 0 Å². The van der Waals surface area contributed by atoms with Gasteiger partial charge in [-0.1, -0.05) is 36.9 Å². The monoisotopic (exact) mass is 594 g/mol. The quantitative estimate of drug-likeness (QED) is 0.295. The second-order valence-electron chi connectivity index (χ2n) is 10.9. The zero-order valence-corrected chi connectivity index (χ0v) is 24.3. The van der Waals surface area contributed by atoms with Gasteiger partial charge < -0.3 is 9.80 Å². The maximum absolute atomic E-state index is 14.1. The molecule has 2 aliphatic rings. The fraction of sp³-hybridized carbons (Fsp3) is 0.387. The standard InChI is InChI=1S/C31H33F3N6OS/c1-2-37-12-14-38(15-13-37)19-24-6-5-22(16-27(24)31(32,33)34)17-29(41)39-11-9-23-7-8-26(18-25(23)20-39)42-30-28-4-3-10-40(28)36-21-35-30/h3-8,10,16,18,21H,2,9,11-15,17,19-20H2,1H3. The molecule has 6 rings (SSSR count). The molecule has 1 amide bonds. The molecule has 0 unspecified atom stereocenters. The summed E-state index contributed by atoms with van der Waals surface area (Å²) in [5.74, 6) is -0.166. The Kier molecular flexibility index (Phi) is 8.24. The van der Waals surface area contributed by atoms with Crippen LogP contribution < -0.4 is 0 Å². The molecule has 11 heteroatoms. The van der Waals surface area contributed by atoms with Crippen LogP contribution in [-0.2, 0) is 36.9 Å². The second kappa shape index (κ2) is 12.1. The summed E-state index contributed by atoms with van der Waals surface area (Å²) < 4.78 is 44.0. The third-order valence-electron chi connectivity index (χ3n) is 8.20. The summed E-state index contributed by atoms with van der Waals surface area (Å²) in [6.45, 7) is 7.50. The number of hydrogen-bond donors (Lipinski definition) is 0. The smallest absolute Gasteiger partial charge is 0.338 e. The molecule has 0 bridgehead atoms. The van der Waals surface area contributed by atoms with Gasteiger partial charge >= 0.3 is 6.18 Å². The summed E-state index contributed by atoms with van der Waals surface area (Å²) in [5, 5.41) is 5.05. The third-order valence-corrected chi connectivity index (χ3v) is 9.19. The molecule has 1 saturated heterocycles. The van der Waals surface area contributed by atoms with Gasteiger partial charge in [0.15, 0.2) is 0 Å². The highest BCUT2D eigenvalue weighted by molar-refractivity contribution is 7.99. The van der Waals surface area contributed by atoms with Crippen LogP contribution in [0.25, 0.3) is 5.52 Å². The fourth-order valence-corrected chi connectivity index (χ4v) is 6.70. The summed E-state index contributed by atoms with van der Waals surface area (Å²) in [6, 6.07) is 14.5. The van der Waals surface area contributed by atoms with E-state index >= 15 is 0 Å². The molecule has 1 fully saturated rings. The minimum Gasteiger partial charge on any atom is -0.338 e. The van der Waals surface area contributed by atoms with Gasteiger partial charge in [0, 0.05) is 56.9 Å². The Labute approximate surface area is 247 Å². The van der Waals surface area contributed by atoms with Gasteiger partial charge in [-0.3, -0.25) is 9.69 Å². The number of hydrogen-bond acceptors (Lipinski definition) is 6. The molecule has 4 heterocycles. The van der Waals surface area contributed by atoms with E-state index in [0.29, 0.717) is 25.1 Å². The highest BCUT2D eigenvalue weighted by Gasteiger charge is 2.34. The van der Waals surface area contributed by atoms with E-state index in [0.717, 1.165) is 53.7 Å². The lowest BCUT2D eigenvalue weighted by Gasteiger charge is -2.34. The van der Waals surface area contributed by atoms with Crippen molar-refractivity contribution in [2.75, 3.05) is 39.3 Å². The van der Waals surface area contributed by atoms with Crippen LogP contribution in [0.4, 0.5) is 13.2 Å². The number of piperazine rings is 1. The van der Waals surface area contributed by atoms with E-state index in [1.807, 2.05) is 18.3 Å². The molecule has 0 saturated carbocycles. The zero-order chi connectivity index (χ0) is 29.3. The highest BCUT2D eigenvalue weighted by Crippen LogP contribution is 2.35. The first-order valence-electron chi connectivity index (χ1n) is 14.3. The van der Waals surface area contributed by atoms with Gasteiger partial charge in [-0.2, -0.15) is 18.3 Å². The maximum atomic E-state index is 14.1. The number of rotatable bonds is 7. The lowest BCUT2D eigenvalue weighted by Crippen LogP contribution is -2.45. The molecule has 0 radical (unpaired) electrons. The number of nitrogens with zero attached hydrogens (tertiary/aromatic N) is 6. The van der Waals surface area contributed by atoms with E-state index in [1.54, 1.807) is 21.5 Å². The van der Waals surface area contributed by atoms with Crippen LogP contribution in [0, 0.1) is 0 Å². The molecule has 2 aromatic carbocycles. The Bertz CT molecular complexity index is 1580. The van der Waals surface area contributed by atoms with Crippen LogP contribution in [0.1, 0.15) is 34.7 Å². The van der Waals surface area contributed by atoms with Crippen molar-refractivity contribution in [1.29, 1.82) is 0 Å². The predicted molar refractivity (Wildman–Crippen MR) is 155 cm³/mol. The molecule has 0 spiro atoms. The van der Waals surface area contributed by atoms with Crippen LogP contribution in [0.3, 0.4) is 0 Å². The highest BCUT2D eigenvalue weighted by atomic mass is 32.2. The first-order chi connectivity index (χ1) is 20.3. The average molecular weight is 595 g/mol. The number of carbonyl (C=O) groups excluding carboxylic acids is 1. The van der Waals surface area contributed by atoms with Gasteiger partial charge in [-0.25, -0.2) is 9.50 Å². The normalized spacial score (nSPS) is 16.6. The average Bonchev–Trinajstić information content (AvgIpc) is 3.47. The summed E-state index contributed by atoms with van der Waals surface area (Å²) >= 11 is 1.54. The first-order valence-corrected chi connectivity index (χ1v) is 15.1. The third kappa shape index (κ3) is 6.33. The lowest BCUT2D eigenvalue weighted by molar-refractivity contribution is -0.138. The molecule has 0 aliphatic carbocycles. The Morgan fingerprint density at radius 2 is 1.79 bits per heavy atom. The minimum absolute atomic E-state index is 0.0601. The number of carbonyl (C=O) groups is 1. The Morgan fingerprint density at radius 1 is 0.976 bits per heavy atom. The zero-order valence-electron chi connectivity index (χ0n) is 23.5. The molecule has 2 aromatic heterocycles. The van der Waals surface area contributed by atoms with Gasteiger partial charge in [0.1, 0.15) is 11.4 Å². The number of fused-ring (bicyclic) bond motifs is 2. The van der Waals surface area contributed by atoms with E-state index in [2.05, 4.69) is 45.0 Å². The predicted octanol–water partition coefficient (Wildman–Crippen LogP) is 5.16. The molecule has 0 atom stereocenters. The fourth-order valence-electron chi connectivity index (χ4n) is 5.77. The van der Waals surface area contributed by atoms with Crippen molar-refractivity contribution in [1.82, 2.24) is 29.3 Å². The SMILES string of the molecule is CCN1CCN(Cc2ccc(CC(=O)N3CCc4ccc(Sc5ncnn6cccc56)cc4C3)cc2C(F)(F)F)CC1. The molecule has 42 heavy (non-hydrogen) atoms. The Balaban J connectivity index is 1.13. The lowest BCUT2D eigenvalue weighted by atomic mass is 9.98. The molecule has 7 nitrogen and oxygen atoms in total. The van der Waals surface area contributed by atoms with E-state index in [1.165, 1.54) is 29.7 Å². The van der Waals surface area contributed by atoms with Crippen LogP contribution in [0.15, 0.2) is 71.0 Å². The van der Waals surface area contributed by atoms with Crippen molar-refractivity contribution >= 4 is 23.2 Å². The van der Waals surface area contributed by atoms with Crippen LogP contribution in [-0.4, -0.2) is 74.5 Å². The van der Waals surface area contributed by atoms with Crippen LogP contribution >= 0.6 is 11.8 Å². The van der Waals surface area contributed by atoms with E-state index in [4.69, 9.17) is 0 Å². The molecular formula is C31H33F3N6OS. The minimum atomic E-state index is -4.48. The van der Waals surface area contributed by atoms with Gasteiger partial charge in [0.05, 0.1) is 17.5 Å². The Hall–Kier alpha value is -3.41. The number of halogens is 3. The summed E-state index contributed by atoms with van der Waals surface area (Å²) in [7, 11) is 0.